The van der Waals surface area contributed by atoms with E-state index in [0.717, 1.165) is 24.6 Å². The minimum absolute atomic E-state index is 0.0450. The number of anilines is 1. The fourth-order valence-corrected chi connectivity index (χ4v) is 4.59. The molecule has 7 nitrogen and oxygen atoms in total. The number of nitrogens with one attached hydrogen (secondary N) is 2. The number of esters is 1. The molecule has 0 unspecified atom stereocenters. The molecule has 2 aromatic heterocycles. The fraction of sp³-hybridized carbons (Fsp3) is 0.500. The van der Waals surface area contributed by atoms with Crippen LogP contribution in [0, 0.1) is 17.8 Å². The molecule has 2 aromatic rings. The van der Waals surface area contributed by atoms with Crippen LogP contribution in [0.3, 0.4) is 0 Å². The standard InChI is InChI=1S/C18H22N4O3/c1-2-25-18(24)13-9-3-4-10(7-9)14(13)22-15-11-5-6-20-17(11)21-8-12(15)16(19)23/h5-6,8-10,13-14H,2-4,7H2,1H3,(H2,19,23)(H2,20,21,22)/t9-,10+,13+,14-/m1/s1. The van der Waals surface area contributed by atoms with Crippen LogP contribution < -0.4 is 11.1 Å². The van der Waals surface area contributed by atoms with Crippen molar-refractivity contribution in [1.29, 1.82) is 0 Å². The molecule has 2 saturated carbocycles. The summed E-state index contributed by atoms with van der Waals surface area (Å²) in [5.41, 5.74) is 7.23. The van der Waals surface area contributed by atoms with Gasteiger partial charge < -0.3 is 20.8 Å². The zero-order valence-corrected chi connectivity index (χ0v) is 14.1. The van der Waals surface area contributed by atoms with E-state index in [4.69, 9.17) is 10.5 Å². The average Bonchev–Trinajstić information content (AvgIpc) is 3.30. The molecule has 2 aliphatic rings. The Morgan fingerprint density at radius 1 is 1.40 bits per heavy atom. The lowest BCUT2D eigenvalue weighted by molar-refractivity contribution is -0.150. The van der Waals surface area contributed by atoms with Gasteiger partial charge in [0.2, 0.25) is 0 Å². The Bertz CT molecular complexity index is 831. The van der Waals surface area contributed by atoms with Crippen LogP contribution in [-0.2, 0) is 9.53 Å². The monoisotopic (exact) mass is 342 g/mol. The van der Waals surface area contributed by atoms with E-state index in [1.165, 1.54) is 6.20 Å². The lowest BCUT2D eigenvalue weighted by Gasteiger charge is -2.31. The maximum Gasteiger partial charge on any atom is 0.311 e. The van der Waals surface area contributed by atoms with Gasteiger partial charge in [0.25, 0.3) is 5.91 Å². The van der Waals surface area contributed by atoms with Crippen molar-refractivity contribution in [1.82, 2.24) is 9.97 Å². The summed E-state index contributed by atoms with van der Waals surface area (Å²) >= 11 is 0. The first-order valence-electron chi connectivity index (χ1n) is 8.79. The van der Waals surface area contributed by atoms with Crippen LogP contribution in [-0.4, -0.2) is 34.5 Å². The number of pyridine rings is 1. The molecular formula is C18H22N4O3. The molecule has 132 valence electrons. The van der Waals surface area contributed by atoms with Gasteiger partial charge in [-0.3, -0.25) is 9.59 Å². The van der Waals surface area contributed by atoms with Crippen LogP contribution in [0.4, 0.5) is 5.69 Å². The zero-order chi connectivity index (χ0) is 17.6. The molecule has 4 N–H and O–H groups in total. The van der Waals surface area contributed by atoms with Gasteiger partial charge in [-0.05, 0) is 44.1 Å². The summed E-state index contributed by atoms with van der Waals surface area (Å²) in [5, 5.41) is 4.29. The number of nitrogens with zero attached hydrogens (tertiary/aromatic N) is 1. The number of amides is 1. The van der Waals surface area contributed by atoms with Crippen LogP contribution in [0.5, 0.6) is 0 Å². The molecule has 4 atom stereocenters. The average molecular weight is 342 g/mol. The predicted molar refractivity (Wildman–Crippen MR) is 93.0 cm³/mol. The molecule has 2 aliphatic carbocycles. The SMILES string of the molecule is CCOC(=O)[C@H]1[C@@H]2CC[C@@H](C2)[C@H]1Nc1c(C(N)=O)cnc2[nH]ccc12. The van der Waals surface area contributed by atoms with Gasteiger partial charge in [0.1, 0.15) is 5.65 Å². The summed E-state index contributed by atoms with van der Waals surface area (Å²) in [6.45, 7) is 2.20. The molecule has 25 heavy (non-hydrogen) atoms. The highest BCUT2D eigenvalue weighted by Crippen LogP contribution is 2.50. The Balaban J connectivity index is 1.72. The van der Waals surface area contributed by atoms with E-state index in [2.05, 4.69) is 15.3 Å². The van der Waals surface area contributed by atoms with Crippen LogP contribution in [0.2, 0.25) is 0 Å². The number of aromatic amines is 1. The van der Waals surface area contributed by atoms with Gasteiger partial charge in [0.15, 0.2) is 0 Å². The smallest absolute Gasteiger partial charge is 0.311 e. The van der Waals surface area contributed by atoms with E-state index in [0.29, 0.717) is 35.3 Å². The number of ether oxygens (including phenoxy) is 1. The predicted octanol–water partition coefficient (Wildman–Crippen LogP) is 2.05. The number of hydrogen-bond acceptors (Lipinski definition) is 5. The molecule has 0 aromatic carbocycles. The van der Waals surface area contributed by atoms with Crippen molar-refractivity contribution in [2.24, 2.45) is 23.5 Å². The first-order chi connectivity index (χ1) is 12.1. The van der Waals surface area contributed by atoms with Gasteiger partial charge in [0.05, 0.1) is 23.8 Å². The molecule has 0 radical (unpaired) electrons. The summed E-state index contributed by atoms with van der Waals surface area (Å²) in [6, 6.07) is 1.82. The van der Waals surface area contributed by atoms with Crippen molar-refractivity contribution in [2.75, 3.05) is 11.9 Å². The Morgan fingerprint density at radius 3 is 2.96 bits per heavy atom. The number of primary amides is 1. The lowest BCUT2D eigenvalue weighted by Crippen LogP contribution is -2.40. The third kappa shape index (κ3) is 2.54. The quantitative estimate of drug-likeness (QED) is 0.720. The van der Waals surface area contributed by atoms with Gasteiger partial charge in [-0.15, -0.1) is 0 Å². The minimum Gasteiger partial charge on any atom is -0.466 e. The van der Waals surface area contributed by atoms with E-state index in [9.17, 15) is 9.59 Å². The highest BCUT2D eigenvalue weighted by molar-refractivity contribution is 6.06. The van der Waals surface area contributed by atoms with E-state index in [1.54, 1.807) is 6.20 Å². The molecule has 7 heteroatoms. The second-order valence-corrected chi connectivity index (χ2v) is 6.93. The van der Waals surface area contributed by atoms with Crippen molar-refractivity contribution in [3.63, 3.8) is 0 Å². The van der Waals surface area contributed by atoms with E-state index >= 15 is 0 Å². The van der Waals surface area contributed by atoms with Gasteiger partial charge in [-0.2, -0.15) is 0 Å². The Morgan fingerprint density at radius 2 is 2.20 bits per heavy atom. The number of aromatic nitrogens is 2. The van der Waals surface area contributed by atoms with Crippen LogP contribution in [0.1, 0.15) is 36.5 Å². The molecule has 1 amide bonds. The molecular weight excluding hydrogens is 320 g/mol. The van der Waals surface area contributed by atoms with Crippen LogP contribution in [0.25, 0.3) is 11.0 Å². The largest absolute Gasteiger partial charge is 0.466 e. The topological polar surface area (TPSA) is 110 Å². The second kappa shape index (κ2) is 6.06. The first-order valence-corrected chi connectivity index (χ1v) is 8.79. The number of carbonyl (C=O) groups is 2. The van der Waals surface area contributed by atoms with Crippen molar-refractivity contribution < 1.29 is 14.3 Å². The van der Waals surface area contributed by atoms with Gasteiger partial charge in [-0.1, -0.05) is 0 Å². The van der Waals surface area contributed by atoms with Crippen LogP contribution in [0.15, 0.2) is 18.5 Å². The van der Waals surface area contributed by atoms with E-state index in [-0.39, 0.29) is 17.9 Å². The van der Waals surface area contributed by atoms with E-state index in [1.807, 2.05) is 13.0 Å². The molecule has 0 saturated heterocycles. The first kappa shape index (κ1) is 15.9. The summed E-state index contributed by atoms with van der Waals surface area (Å²) in [5.74, 6) is -0.105. The Hall–Kier alpha value is -2.57. The van der Waals surface area contributed by atoms with Gasteiger partial charge in [0, 0.05) is 23.8 Å². The Labute approximate surface area is 145 Å². The van der Waals surface area contributed by atoms with Crippen molar-refractivity contribution in [3.05, 3.63) is 24.0 Å². The molecule has 4 rings (SSSR count). The number of fused-ring (bicyclic) bond motifs is 3. The van der Waals surface area contributed by atoms with Crippen LogP contribution >= 0.6 is 0 Å². The highest BCUT2D eigenvalue weighted by atomic mass is 16.5. The Kier molecular flexibility index (Phi) is 3.86. The number of carbonyl (C=O) groups excluding carboxylic acids is 2. The summed E-state index contributed by atoms with van der Waals surface area (Å²) in [6.07, 6.45) is 6.43. The van der Waals surface area contributed by atoms with Crippen molar-refractivity contribution in [2.45, 2.75) is 32.2 Å². The third-order valence-electron chi connectivity index (χ3n) is 5.64. The van der Waals surface area contributed by atoms with Gasteiger partial charge in [-0.25, -0.2) is 4.98 Å². The summed E-state index contributed by atoms with van der Waals surface area (Å²) in [7, 11) is 0. The van der Waals surface area contributed by atoms with E-state index < -0.39 is 5.91 Å². The third-order valence-corrected chi connectivity index (χ3v) is 5.64. The molecule has 2 bridgehead atoms. The number of rotatable bonds is 5. The second-order valence-electron chi connectivity index (χ2n) is 6.93. The number of H-pyrrole nitrogens is 1. The highest BCUT2D eigenvalue weighted by Gasteiger charge is 2.51. The maximum atomic E-state index is 12.5. The summed E-state index contributed by atoms with van der Waals surface area (Å²) in [4.78, 5) is 31.7. The number of hydrogen-bond donors (Lipinski definition) is 3. The zero-order valence-electron chi connectivity index (χ0n) is 14.1. The van der Waals surface area contributed by atoms with Crippen molar-refractivity contribution >= 4 is 28.6 Å². The normalized spacial score (nSPS) is 27.6. The molecule has 2 heterocycles. The molecule has 0 aliphatic heterocycles. The number of nitrogens with two attached hydrogens (primary N) is 1. The van der Waals surface area contributed by atoms with Gasteiger partial charge >= 0.3 is 5.97 Å². The molecule has 0 spiro atoms. The molecule has 2 fully saturated rings. The lowest BCUT2D eigenvalue weighted by atomic mass is 9.84. The maximum absolute atomic E-state index is 12.5. The minimum atomic E-state index is -0.533. The van der Waals surface area contributed by atoms with Crippen molar-refractivity contribution in [3.8, 4) is 0 Å². The summed E-state index contributed by atoms with van der Waals surface area (Å²) < 4.78 is 5.31. The fourth-order valence-electron chi connectivity index (χ4n) is 4.59.